The molecule has 3 aromatic heterocycles. The summed E-state index contributed by atoms with van der Waals surface area (Å²) in [5.41, 5.74) is 1.37. The molecule has 0 saturated carbocycles. The number of alkyl halides is 4. The predicted molar refractivity (Wildman–Crippen MR) is 136 cm³/mol. The number of thiophene rings is 1. The van der Waals surface area contributed by atoms with E-state index in [2.05, 4.69) is 20.4 Å². The van der Waals surface area contributed by atoms with Gasteiger partial charge < -0.3 is 19.3 Å². The first-order valence-electron chi connectivity index (χ1n) is 11.5. The second-order valence-electron chi connectivity index (χ2n) is 8.86. The fraction of sp³-hybridized carbons (Fsp3) is 0.333. The molecule has 1 aromatic carbocycles. The van der Waals surface area contributed by atoms with Gasteiger partial charge in [0.05, 0.1) is 39.1 Å². The largest absolute Gasteiger partial charge is 0.406 e. The van der Waals surface area contributed by atoms with E-state index in [0.717, 1.165) is 4.57 Å². The number of carbonyl (C=O) groups is 1. The van der Waals surface area contributed by atoms with Crippen LogP contribution in [0.25, 0.3) is 22.4 Å². The Bertz CT molecular complexity index is 1510. The van der Waals surface area contributed by atoms with Crippen LogP contribution in [-0.2, 0) is 13.1 Å². The Balaban J connectivity index is 1.47. The quantitative estimate of drug-likeness (QED) is 0.304. The van der Waals surface area contributed by atoms with E-state index in [0.29, 0.717) is 39.7 Å². The Morgan fingerprint density at radius 2 is 2.16 bits per heavy atom. The van der Waals surface area contributed by atoms with Crippen molar-refractivity contribution in [1.82, 2.24) is 24.9 Å². The average Bonchev–Trinajstić information content (AvgIpc) is 3.58. The molecule has 1 atom stereocenters. The maximum absolute atomic E-state index is 14.6. The molecule has 1 aliphatic heterocycles. The number of aromatic nitrogens is 3. The average molecular weight is 569 g/mol. The molecule has 0 bridgehead atoms. The Kier molecular flexibility index (Phi) is 7.25. The molecule has 1 fully saturated rings. The van der Waals surface area contributed by atoms with Crippen LogP contribution >= 0.6 is 22.9 Å². The lowest BCUT2D eigenvalue weighted by atomic mass is 10.1. The molecule has 0 unspecified atom stereocenters. The topological polar surface area (TPSA) is 88.6 Å². The first-order valence-corrected chi connectivity index (χ1v) is 12.8. The fourth-order valence-electron chi connectivity index (χ4n) is 4.23. The van der Waals surface area contributed by atoms with Gasteiger partial charge in [-0.15, -0.1) is 11.3 Å². The minimum absolute atomic E-state index is 0.00514. The third-order valence-electron chi connectivity index (χ3n) is 6.03. The lowest BCUT2D eigenvalue weighted by Crippen LogP contribution is -2.39. The van der Waals surface area contributed by atoms with Crippen LogP contribution in [0.4, 0.5) is 23.2 Å². The highest BCUT2D eigenvalue weighted by Crippen LogP contribution is 2.35. The van der Waals surface area contributed by atoms with Crippen molar-refractivity contribution in [2.75, 3.05) is 20.1 Å². The number of hydrogen-bond donors (Lipinski definition) is 1. The van der Waals surface area contributed by atoms with Crippen molar-refractivity contribution in [1.29, 1.82) is 0 Å². The van der Waals surface area contributed by atoms with Gasteiger partial charge in [0.1, 0.15) is 6.54 Å². The summed E-state index contributed by atoms with van der Waals surface area (Å²) in [4.78, 5) is 22.8. The van der Waals surface area contributed by atoms with E-state index in [1.54, 1.807) is 17.5 Å². The zero-order valence-electron chi connectivity index (χ0n) is 19.9. The second kappa shape index (κ2) is 10.5. The SMILES string of the molecule is CN1CCC(=Nc2cccc3c2cc(-c2noc(CNC(=O)c4csc(Cl)c4)n2)n3CC(F)(F)F)[C@@H](F)C1. The molecule has 0 radical (unpaired) electrons. The number of rotatable bonds is 6. The van der Waals surface area contributed by atoms with Gasteiger partial charge in [0.2, 0.25) is 11.7 Å². The number of amides is 1. The van der Waals surface area contributed by atoms with E-state index in [4.69, 9.17) is 16.1 Å². The number of halogens is 5. The smallest absolute Gasteiger partial charge is 0.343 e. The molecule has 4 aromatic rings. The van der Waals surface area contributed by atoms with Gasteiger partial charge in [-0.3, -0.25) is 9.79 Å². The number of nitrogens with zero attached hydrogens (tertiary/aromatic N) is 5. The summed E-state index contributed by atoms with van der Waals surface area (Å²) in [6, 6.07) is 7.74. The van der Waals surface area contributed by atoms with Crippen LogP contribution in [0.5, 0.6) is 0 Å². The number of fused-ring (bicyclic) bond motifs is 1. The number of likely N-dealkylation sites (tertiary alicyclic amines) is 1. The fourth-order valence-corrected chi connectivity index (χ4v) is 5.09. The molecule has 200 valence electrons. The molecule has 1 N–H and O–H groups in total. The zero-order chi connectivity index (χ0) is 27.0. The van der Waals surface area contributed by atoms with Gasteiger partial charge in [-0.2, -0.15) is 18.2 Å². The number of hydrogen-bond acceptors (Lipinski definition) is 7. The van der Waals surface area contributed by atoms with E-state index in [1.165, 1.54) is 29.5 Å². The van der Waals surface area contributed by atoms with E-state index in [-0.39, 0.29) is 36.0 Å². The summed E-state index contributed by atoms with van der Waals surface area (Å²) in [5, 5.41) is 8.44. The van der Waals surface area contributed by atoms with Crippen molar-refractivity contribution in [3.8, 4) is 11.5 Å². The van der Waals surface area contributed by atoms with Gasteiger partial charge in [-0.05, 0) is 31.3 Å². The summed E-state index contributed by atoms with van der Waals surface area (Å²) in [5.74, 6) is -0.497. The maximum atomic E-state index is 14.6. The zero-order valence-corrected chi connectivity index (χ0v) is 21.5. The van der Waals surface area contributed by atoms with Gasteiger partial charge in [0, 0.05) is 30.3 Å². The maximum Gasteiger partial charge on any atom is 0.406 e. The first kappa shape index (κ1) is 26.3. The molecule has 8 nitrogen and oxygen atoms in total. The normalized spacial score (nSPS) is 17.9. The van der Waals surface area contributed by atoms with Gasteiger partial charge in [0.15, 0.2) is 6.17 Å². The summed E-state index contributed by atoms with van der Waals surface area (Å²) < 4.78 is 62.0. The van der Waals surface area contributed by atoms with Crippen LogP contribution in [0.1, 0.15) is 22.7 Å². The number of carbonyl (C=O) groups excluding carboxylic acids is 1. The predicted octanol–water partition coefficient (Wildman–Crippen LogP) is 5.64. The second-order valence-corrected chi connectivity index (χ2v) is 10.4. The number of benzene rings is 1. The van der Waals surface area contributed by atoms with Crippen LogP contribution in [0.3, 0.4) is 0 Å². The molecule has 1 amide bonds. The Morgan fingerprint density at radius 1 is 1.34 bits per heavy atom. The van der Waals surface area contributed by atoms with Crippen molar-refractivity contribution in [2.45, 2.75) is 31.9 Å². The lowest BCUT2D eigenvalue weighted by Gasteiger charge is -2.26. The van der Waals surface area contributed by atoms with Crippen LogP contribution in [0.15, 0.2) is 45.2 Å². The van der Waals surface area contributed by atoms with E-state index >= 15 is 0 Å². The molecule has 38 heavy (non-hydrogen) atoms. The Labute approximate surface area is 222 Å². The van der Waals surface area contributed by atoms with Crippen molar-refractivity contribution in [3.63, 3.8) is 0 Å². The molecule has 5 rings (SSSR count). The van der Waals surface area contributed by atoms with E-state index < -0.39 is 24.8 Å². The highest BCUT2D eigenvalue weighted by molar-refractivity contribution is 7.14. The van der Waals surface area contributed by atoms with Crippen molar-refractivity contribution < 1.29 is 26.9 Å². The van der Waals surface area contributed by atoms with Crippen LogP contribution in [-0.4, -0.2) is 63.7 Å². The molecular weight excluding hydrogens is 548 g/mol. The van der Waals surface area contributed by atoms with E-state index in [1.807, 2.05) is 11.9 Å². The Hall–Kier alpha value is -3.29. The minimum Gasteiger partial charge on any atom is -0.343 e. The third kappa shape index (κ3) is 5.74. The van der Waals surface area contributed by atoms with Crippen molar-refractivity contribution in [2.24, 2.45) is 4.99 Å². The minimum atomic E-state index is -4.54. The molecule has 0 aliphatic carbocycles. The van der Waals surface area contributed by atoms with Gasteiger partial charge >= 0.3 is 6.18 Å². The molecule has 4 heterocycles. The van der Waals surface area contributed by atoms with Crippen LogP contribution < -0.4 is 5.32 Å². The first-order chi connectivity index (χ1) is 18.1. The van der Waals surface area contributed by atoms with Crippen molar-refractivity contribution >= 4 is 51.1 Å². The summed E-state index contributed by atoms with van der Waals surface area (Å²) in [6.07, 6.45) is -5.38. The third-order valence-corrected chi connectivity index (χ3v) is 7.13. The van der Waals surface area contributed by atoms with Crippen LogP contribution in [0.2, 0.25) is 4.34 Å². The summed E-state index contributed by atoms with van der Waals surface area (Å²) in [6.45, 7) is -0.597. The molecular formula is C24H21ClF4N6O2S. The lowest BCUT2D eigenvalue weighted by molar-refractivity contribution is -0.139. The number of nitrogens with one attached hydrogen (secondary N) is 1. The highest BCUT2D eigenvalue weighted by Gasteiger charge is 2.31. The standard InChI is InChI=1S/C24H21ClF4N6O2S/c1-34-6-5-17(15(26)10-34)31-16-3-2-4-18-14(16)8-19(35(18)12-24(27,28)29)22-32-21(37-33-22)9-30-23(36)13-7-20(25)38-11-13/h2-4,7-8,11,15H,5-6,9-10,12H2,1H3,(H,30,36)/t15-/m0/s1. The highest BCUT2D eigenvalue weighted by atomic mass is 35.5. The van der Waals surface area contributed by atoms with E-state index in [9.17, 15) is 22.4 Å². The van der Waals surface area contributed by atoms with Crippen LogP contribution in [0, 0.1) is 0 Å². The number of aliphatic imine (C=N–C) groups is 1. The number of piperidine rings is 1. The summed E-state index contributed by atoms with van der Waals surface area (Å²) in [7, 11) is 1.82. The summed E-state index contributed by atoms with van der Waals surface area (Å²) >= 11 is 7.05. The molecule has 1 saturated heterocycles. The monoisotopic (exact) mass is 568 g/mol. The van der Waals surface area contributed by atoms with Crippen molar-refractivity contribution in [3.05, 3.63) is 51.5 Å². The van der Waals surface area contributed by atoms with Gasteiger partial charge in [-0.1, -0.05) is 22.8 Å². The van der Waals surface area contributed by atoms with Gasteiger partial charge in [-0.25, -0.2) is 4.39 Å². The molecule has 14 heteroatoms. The Morgan fingerprint density at radius 3 is 2.87 bits per heavy atom. The molecule has 1 aliphatic rings. The van der Waals surface area contributed by atoms with Gasteiger partial charge in [0.25, 0.3) is 5.91 Å². The molecule has 0 spiro atoms.